The number of para-hydroxylation sites is 2. The van der Waals surface area contributed by atoms with Crippen molar-refractivity contribution in [3.8, 4) is 28.2 Å². The standard InChI is InChI=1S/C33H29FN2O/c1-20(2)25-16-23(22-10-6-5-7-11-22)17-26(21(3)4)32(25)36-30-13-9-8-12-29(30)35-33(36)28-19-37-31-15-14-24(34)18-27(28)31/h5-21H,1-4H3. The van der Waals surface area contributed by atoms with Crippen LogP contribution in [-0.2, 0) is 0 Å². The summed E-state index contributed by atoms with van der Waals surface area (Å²) in [5.41, 5.74) is 9.36. The Morgan fingerprint density at radius 2 is 1.43 bits per heavy atom. The van der Waals surface area contributed by atoms with Crippen LogP contribution in [0.3, 0.4) is 0 Å². The van der Waals surface area contributed by atoms with Crippen molar-refractivity contribution >= 4 is 22.0 Å². The highest BCUT2D eigenvalue weighted by Crippen LogP contribution is 2.41. The summed E-state index contributed by atoms with van der Waals surface area (Å²) in [6.45, 7) is 8.94. The molecule has 2 aromatic heterocycles. The summed E-state index contributed by atoms with van der Waals surface area (Å²) in [6.07, 6.45) is 1.70. The van der Waals surface area contributed by atoms with Crippen LogP contribution in [0.15, 0.2) is 95.6 Å². The minimum Gasteiger partial charge on any atom is -0.464 e. The van der Waals surface area contributed by atoms with E-state index in [1.807, 2.05) is 24.3 Å². The Bertz CT molecular complexity index is 1710. The number of rotatable bonds is 5. The SMILES string of the molecule is CC(C)c1cc(-c2ccccc2)cc(C(C)C)c1-n1c(-c2coc3ccc(F)cc23)nc2ccccc21. The number of imidazole rings is 1. The summed E-state index contributed by atoms with van der Waals surface area (Å²) in [5.74, 6) is 0.991. The van der Waals surface area contributed by atoms with Crippen molar-refractivity contribution in [2.45, 2.75) is 39.5 Å². The zero-order valence-electron chi connectivity index (χ0n) is 21.5. The molecule has 0 spiro atoms. The molecule has 6 rings (SSSR count). The second-order valence-electron chi connectivity index (χ2n) is 10.2. The highest BCUT2D eigenvalue weighted by Gasteiger charge is 2.25. The normalized spacial score (nSPS) is 11.9. The van der Waals surface area contributed by atoms with Gasteiger partial charge in [0.15, 0.2) is 0 Å². The number of halogens is 1. The number of hydrogen-bond donors (Lipinski definition) is 0. The van der Waals surface area contributed by atoms with Gasteiger partial charge in [0.2, 0.25) is 0 Å². The van der Waals surface area contributed by atoms with Gasteiger partial charge in [0, 0.05) is 5.39 Å². The topological polar surface area (TPSA) is 31.0 Å². The molecule has 2 heterocycles. The molecule has 184 valence electrons. The molecule has 6 aromatic rings. The van der Waals surface area contributed by atoms with Crippen molar-refractivity contribution in [1.29, 1.82) is 0 Å². The summed E-state index contributed by atoms with van der Waals surface area (Å²) in [5, 5.41) is 0.717. The van der Waals surface area contributed by atoms with E-state index in [9.17, 15) is 4.39 Å². The molecule has 3 nitrogen and oxygen atoms in total. The smallest absolute Gasteiger partial charge is 0.149 e. The lowest BCUT2D eigenvalue weighted by molar-refractivity contribution is 0.610. The van der Waals surface area contributed by atoms with Crippen molar-refractivity contribution in [1.82, 2.24) is 9.55 Å². The highest BCUT2D eigenvalue weighted by molar-refractivity contribution is 5.95. The molecule has 0 radical (unpaired) electrons. The summed E-state index contributed by atoms with van der Waals surface area (Å²) in [7, 11) is 0. The van der Waals surface area contributed by atoms with Crippen molar-refractivity contribution in [2.75, 3.05) is 0 Å². The first kappa shape index (κ1) is 23.2. The summed E-state index contributed by atoms with van der Waals surface area (Å²) >= 11 is 0. The zero-order valence-corrected chi connectivity index (χ0v) is 21.5. The van der Waals surface area contributed by atoms with Crippen LogP contribution in [0.1, 0.15) is 50.7 Å². The van der Waals surface area contributed by atoms with Gasteiger partial charge in [-0.05, 0) is 76.6 Å². The molecule has 4 heteroatoms. The predicted octanol–water partition coefficient (Wildman–Crippen LogP) is 9.49. The van der Waals surface area contributed by atoms with Gasteiger partial charge in [0.1, 0.15) is 23.5 Å². The van der Waals surface area contributed by atoms with Gasteiger partial charge in [0.05, 0.1) is 22.3 Å². The minimum absolute atomic E-state index is 0.267. The molecule has 0 amide bonds. The first-order valence-corrected chi connectivity index (χ1v) is 12.8. The van der Waals surface area contributed by atoms with E-state index in [0.717, 1.165) is 33.5 Å². The maximum atomic E-state index is 14.3. The third kappa shape index (κ3) is 3.93. The molecule has 0 aliphatic heterocycles. The number of nitrogens with zero attached hydrogens (tertiary/aromatic N) is 2. The van der Waals surface area contributed by atoms with Crippen LogP contribution >= 0.6 is 0 Å². The number of fused-ring (bicyclic) bond motifs is 2. The fourth-order valence-corrected chi connectivity index (χ4v) is 5.22. The summed E-state index contributed by atoms with van der Waals surface area (Å²) < 4.78 is 22.4. The van der Waals surface area contributed by atoms with Gasteiger partial charge in [-0.25, -0.2) is 9.37 Å². The van der Waals surface area contributed by atoms with Crippen molar-refractivity contribution in [2.24, 2.45) is 0 Å². The monoisotopic (exact) mass is 488 g/mol. The van der Waals surface area contributed by atoms with Gasteiger partial charge in [-0.1, -0.05) is 70.2 Å². The lowest BCUT2D eigenvalue weighted by atomic mass is 9.88. The Hall–Kier alpha value is -4.18. The maximum absolute atomic E-state index is 14.3. The molecule has 0 aliphatic rings. The molecule has 0 fully saturated rings. The van der Waals surface area contributed by atoms with E-state index in [1.165, 1.54) is 34.4 Å². The van der Waals surface area contributed by atoms with Gasteiger partial charge in [-0.2, -0.15) is 0 Å². The molecule has 0 saturated heterocycles. The Balaban J connectivity index is 1.72. The van der Waals surface area contributed by atoms with Crippen LogP contribution in [0.25, 0.3) is 50.2 Å². The fraction of sp³-hybridized carbons (Fsp3) is 0.182. The van der Waals surface area contributed by atoms with Gasteiger partial charge in [-0.15, -0.1) is 0 Å². The largest absolute Gasteiger partial charge is 0.464 e. The van der Waals surface area contributed by atoms with E-state index in [-0.39, 0.29) is 17.7 Å². The Kier molecular flexibility index (Phi) is 5.68. The minimum atomic E-state index is -0.296. The van der Waals surface area contributed by atoms with Crippen LogP contribution in [0.2, 0.25) is 0 Å². The van der Waals surface area contributed by atoms with E-state index in [1.54, 1.807) is 12.3 Å². The van der Waals surface area contributed by atoms with Crippen LogP contribution in [-0.4, -0.2) is 9.55 Å². The van der Waals surface area contributed by atoms with Crippen molar-refractivity contribution in [3.05, 3.63) is 108 Å². The fourth-order valence-electron chi connectivity index (χ4n) is 5.22. The zero-order chi connectivity index (χ0) is 25.7. The molecule has 0 atom stereocenters. The average molecular weight is 489 g/mol. The van der Waals surface area contributed by atoms with Gasteiger partial charge >= 0.3 is 0 Å². The van der Waals surface area contributed by atoms with Crippen LogP contribution in [0.4, 0.5) is 4.39 Å². The van der Waals surface area contributed by atoms with Crippen LogP contribution < -0.4 is 0 Å². The molecule has 0 bridgehead atoms. The van der Waals surface area contributed by atoms with E-state index < -0.39 is 0 Å². The van der Waals surface area contributed by atoms with E-state index in [2.05, 4.69) is 74.7 Å². The lowest BCUT2D eigenvalue weighted by Gasteiger charge is -2.24. The Labute approximate surface area is 216 Å². The third-order valence-electron chi connectivity index (χ3n) is 7.08. The predicted molar refractivity (Wildman–Crippen MR) is 150 cm³/mol. The molecule has 0 unspecified atom stereocenters. The second kappa shape index (κ2) is 9.04. The van der Waals surface area contributed by atoms with Crippen LogP contribution in [0.5, 0.6) is 0 Å². The van der Waals surface area contributed by atoms with E-state index in [4.69, 9.17) is 9.40 Å². The van der Waals surface area contributed by atoms with Crippen molar-refractivity contribution < 1.29 is 8.81 Å². The molecule has 0 saturated carbocycles. The first-order chi connectivity index (χ1) is 17.9. The highest BCUT2D eigenvalue weighted by atomic mass is 19.1. The van der Waals surface area contributed by atoms with Gasteiger partial charge < -0.3 is 4.42 Å². The van der Waals surface area contributed by atoms with Gasteiger partial charge in [-0.3, -0.25) is 4.57 Å². The Morgan fingerprint density at radius 3 is 2.14 bits per heavy atom. The van der Waals surface area contributed by atoms with E-state index >= 15 is 0 Å². The number of furan rings is 1. The second-order valence-corrected chi connectivity index (χ2v) is 10.2. The van der Waals surface area contributed by atoms with Crippen molar-refractivity contribution in [3.63, 3.8) is 0 Å². The third-order valence-corrected chi connectivity index (χ3v) is 7.08. The van der Waals surface area contributed by atoms with E-state index in [0.29, 0.717) is 5.58 Å². The first-order valence-electron chi connectivity index (χ1n) is 12.8. The number of benzene rings is 4. The number of hydrogen-bond acceptors (Lipinski definition) is 2. The average Bonchev–Trinajstić information content (AvgIpc) is 3.49. The number of aromatic nitrogens is 2. The molecular weight excluding hydrogens is 459 g/mol. The Morgan fingerprint density at radius 1 is 0.757 bits per heavy atom. The summed E-state index contributed by atoms with van der Waals surface area (Å²) in [4.78, 5) is 5.07. The summed E-state index contributed by atoms with van der Waals surface area (Å²) in [6, 6.07) is 28.0. The molecule has 37 heavy (non-hydrogen) atoms. The lowest BCUT2D eigenvalue weighted by Crippen LogP contribution is -2.09. The molecule has 0 aliphatic carbocycles. The maximum Gasteiger partial charge on any atom is 0.149 e. The molecule has 0 N–H and O–H groups in total. The quantitative estimate of drug-likeness (QED) is 0.242. The van der Waals surface area contributed by atoms with Crippen LogP contribution in [0, 0.1) is 5.82 Å². The molecular formula is C33H29FN2O. The molecule has 4 aromatic carbocycles. The van der Waals surface area contributed by atoms with Gasteiger partial charge in [0.25, 0.3) is 0 Å².